The van der Waals surface area contributed by atoms with Crippen LogP contribution in [0.4, 0.5) is 0 Å². The number of nitrogens with zero attached hydrogens (tertiary/aromatic N) is 2. The number of benzene rings is 1. The van der Waals surface area contributed by atoms with Gasteiger partial charge in [0.25, 0.3) is 0 Å². The molecule has 0 aliphatic carbocycles. The van der Waals surface area contributed by atoms with E-state index in [0.29, 0.717) is 6.54 Å². The molecule has 3 heteroatoms. The van der Waals surface area contributed by atoms with Crippen molar-refractivity contribution in [1.29, 1.82) is 0 Å². The predicted octanol–water partition coefficient (Wildman–Crippen LogP) is 2.85. The first-order chi connectivity index (χ1) is 8.47. The highest BCUT2D eigenvalue weighted by Crippen LogP contribution is 2.19. The Morgan fingerprint density at radius 1 is 1.11 bits per heavy atom. The lowest BCUT2D eigenvalue weighted by atomic mass is 10.0. The van der Waals surface area contributed by atoms with E-state index >= 15 is 0 Å². The van der Waals surface area contributed by atoms with Crippen LogP contribution in [0, 0.1) is 27.7 Å². The molecular formula is C15H20N2O. The van der Waals surface area contributed by atoms with Crippen molar-refractivity contribution in [2.24, 2.45) is 0 Å². The average molecular weight is 244 g/mol. The van der Waals surface area contributed by atoms with E-state index in [4.69, 9.17) is 0 Å². The quantitative estimate of drug-likeness (QED) is 0.901. The Kier molecular flexibility index (Phi) is 3.53. The summed E-state index contributed by atoms with van der Waals surface area (Å²) in [7, 11) is 0. The lowest BCUT2D eigenvalue weighted by Gasteiger charge is -2.14. The largest absolute Gasteiger partial charge is 0.387 e. The number of aromatic nitrogens is 2. The van der Waals surface area contributed by atoms with Gasteiger partial charge in [0.1, 0.15) is 0 Å². The molecule has 1 heterocycles. The van der Waals surface area contributed by atoms with Crippen LogP contribution in [0.2, 0.25) is 0 Å². The molecule has 1 atom stereocenters. The topological polar surface area (TPSA) is 38.0 Å². The minimum atomic E-state index is -0.490. The van der Waals surface area contributed by atoms with Crippen LogP contribution >= 0.6 is 0 Å². The van der Waals surface area contributed by atoms with Crippen LogP contribution in [0.15, 0.2) is 24.5 Å². The maximum atomic E-state index is 10.3. The second-order valence-electron chi connectivity index (χ2n) is 5.00. The normalized spacial score (nSPS) is 12.7. The van der Waals surface area contributed by atoms with Crippen molar-refractivity contribution in [3.63, 3.8) is 0 Å². The second kappa shape index (κ2) is 4.94. The molecule has 1 aromatic heterocycles. The van der Waals surface area contributed by atoms with Crippen molar-refractivity contribution in [1.82, 2.24) is 9.55 Å². The third-order valence-electron chi connectivity index (χ3n) is 3.34. The van der Waals surface area contributed by atoms with Crippen molar-refractivity contribution in [2.45, 2.75) is 40.3 Å². The molecule has 0 radical (unpaired) electrons. The molecule has 0 fully saturated rings. The zero-order chi connectivity index (χ0) is 13.3. The van der Waals surface area contributed by atoms with Crippen molar-refractivity contribution in [3.8, 4) is 0 Å². The molecule has 0 bridgehead atoms. The highest BCUT2D eigenvalue weighted by atomic mass is 16.3. The molecule has 3 nitrogen and oxygen atoms in total. The molecule has 0 aliphatic rings. The zero-order valence-corrected chi connectivity index (χ0v) is 11.4. The molecule has 1 aromatic carbocycles. The zero-order valence-electron chi connectivity index (χ0n) is 11.4. The Morgan fingerprint density at radius 2 is 1.72 bits per heavy atom. The molecule has 0 saturated carbocycles. The van der Waals surface area contributed by atoms with Crippen LogP contribution in [0.3, 0.4) is 0 Å². The summed E-state index contributed by atoms with van der Waals surface area (Å²) >= 11 is 0. The third kappa shape index (κ3) is 2.62. The number of hydrogen-bond acceptors (Lipinski definition) is 2. The molecular weight excluding hydrogens is 224 g/mol. The number of rotatable bonds is 3. The standard InChI is InChI=1S/C15H20N2O/c1-10-5-11(2)7-14(6-10)15(18)8-17-9-16-12(3)13(17)4/h5-7,9,15,18H,8H2,1-4H3. The Bertz CT molecular complexity index is 537. The van der Waals surface area contributed by atoms with Gasteiger partial charge in [-0.3, -0.25) is 0 Å². The Hall–Kier alpha value is -1.61. The van der Waals surface area contributed by atoms with Gasteiger partial charge in [0.05, 0.1) is 24.7 Å². The van der Waals surface area contributed by atoms with E-state index in [0.717, 1.165) is 17.0 Å². The fourth-order valence-electron chi connectivity index (χ4n) is 2.22. The first kappa shape index (κ1) is 12.8. The molecule has 96 valence electrons. The number of aliphatic hydroxyl groups excluding tert-OH is 1. The van der Waals surface area contributed by atoms with Crippen LogP contribution in [0.1, 0.15) is 34.2 Å². The molecule has 0 aliphatic heterocycles. The summed E-state index contributed by atoms with van der Waals surface area (Å²) in [4.78, 5) is 4.25. The molecule has 1 N–H and O–H groups in total. The van der Waals surface area contributed by atoms with E-state index in [1.807, 2.05) is 30.5 Å². The summed E-state index contributed by atoms with van der Waals surface area (Å²) in [5, 5.41) is 10.3. The molecule has 2 aromatic rings. The van der Waals surface area contributed by atoms with Crippen LogP contribution < -0.4 is 0 Å². The highest BCUT2D eigenvalue weighted by molar-refractivity contribution is 5.30. The van der Waals surface area contributed by atoms with Gasteiger partial charge in [0.15, 0.2) is 0 Å². The van der Waals surface area contributed by atoms with Gasteiger partial charge < -0.3 is 9.67 Å². The maximum Gasteiger partial charge on any atom is 0.0969 e. The van der Waals surface area contributed by atoms with Crippen LogP contribution in [-0.4, -0.2) is 14.7 Å². The number of aliphatic hydroxyl groups is 1. The third-order valence-corrected chi connectivity index (χ3v) is 3.34. The summed E-state index contributed by atoms with van der Waals surface area (Å²) in [6, 6.07) is 6.19. The molecule has 2 rings (SSSR count). The van der Waals surface area contributed by atoms with E-state index in [-0.39, 0.29) is 0 Å². The van der Waals surface area contributed by atoms with Crippen LogP contribution in [0.5, 0.6) is 0 Å². The predicted molar refractivity (Wildman–Crippen MR) is 72.6 cm³/mol. The molecule has 0 spiro atoms. The van der Waals surface area contributed by atoms with E-state index in [1.54, 1.807) is 6.33 Å². The minimum absolute atomic E-state index is 0.490. The second-order valence-corrected chi connectivity index (χ2v) is 5.00. The molecule has 1 unspecified atom stereocenters. The van der Waals surface area contributed by atoms with E-state index in [1.165, 1.54) is 11.1 Å². The van der Waals surface area contributed by atoms with Crippen molar-refractivity contribution >= 4 is 0 Å². The Balaban J connectivity index is 2.21. The van der Waals surface area contributed by atoms with Gasteiger partial charge in [0, 0.05) is 5.69 Å². The van der Waals surface area contributed by atoms with E-state index in [2.05, 4.69) is 24.9 Å². The van der Waals surface area contributed by atoms with Gasteiger partial charge in [-0.25, -0.2) is 4.98 Å². The van der Waals surface area contributed by atoms with Gasteiger partial charge in [-0.05, 0) is 33.3 Å². The fourth-order valence-corrected chi connectivity index (χ4v) is 2.22. The maximum absolute atomic E-state index is 10.3. The Morgan fingerprint density at radius 3 is 2.22 bits per heavy atom. The van der Waals surface area contributed by atoms with E-state index in [9.17, 15) is 5.11 Å². The minimum Gasteiger partial charge on any atom is -0.387 e. The Labute approximate surface area is 108 Å². The summed E-state index contributed by atoms with van der Waals surface area (Å²) in [5.74, 6) is 0. The first-order valence-corrected chi connectivity index (χ1v) is 6.22. The fraction of sp³-hybridized carbons (Fsp3) is 0.400. The molecule has 0 saturated heterocycles. The van der Waals surface area contributed by atoms with Crippen LogP contribution in [-0.2, 0) is 6.54 Å². The van der Waals surface area contributed by atoms with Gasteiger partial charge >= 0.3 is 0 Å². The summed E-state index contributed by atoms with van der Waals surface area (Å²) in [6.45, 7) is 8.66. The monoisotopic (exact) mass is 244 g/mol. The lowest BCUT2D eigenvalue weighted by Crippen LogP contribution is -2.09. The summed E-state index contributed by atoms with van der Waals surface area (Å²) in [6.07, 6.45) is 1.30. The van der Waals surface area contributed by atoms with Gasteiger partial charge in [-0.15, -0.1) is 0 Å². The molecule has 18 heavy (non-hydrogen) atoms. The lowest BCUT2D eigenvalue weighted by molar-refractivity contribution is 0.155. The van der Waals surface area contributed by atoms with Gasteiger partial charge in [-0.2, -0.15) is 0 Å². The van der Waals surface area contributed by atoms with Crippen molar-refractivity contribution in [2.75, 3.05) is 0 Å². The number of hydrogen-bond donors (Lipinski definition) is 1. The van der Waals surface area contributed by atoms with E-state index < -0.39 is 6.10 Å². The first-order valence-electron chi connectivity index (χ1n) is 6.22. The van der Waals surface area contributed by atoms with Crippen LogP contribution in [0.25, 0.3) is 0 Å². The van der Waals surface area contributed by atoms with Gasteiger partial charge in [-0.1, -0.05) is 29.3 Å². The van der Waals surface area contributed by atoms with Crippen molar-refractivity contribution < 1.29 is 5.11 Å². The summed E-state index contributed by atoms with van der Waals surface area (Å²) in [5.41, 5.74) is 5.46. The average Bonchev–Trinajstić information content (AvgIpc) is 2.59. The molecule has 0 amide bonds. The van der Waals surface area contributed by atoms with Crippen molar-refractivity contribution in [3.05, 3.63) is 52.6 Å². The number of imidazole rings is 1. The van der Waals surface area contributed by atoms with Gasteiger partial charge in [0.2, 0.25) is 0 Å². The SMILES string of the molecule is Cc1cc(C)cc(C(O)Cn2cnc(C)c2C)c1. The highest BCUT2D eigenvalue weighted by Gasteiger charge is 2.11. The summed E-state index contributed by atoms with van der Waals surface area (Å²) < 4.78 is 2.00. The number of aryl methyl sites for hydroxylation is 3. The smallest absolute Gasteiger partial charge is 0.0969 e.